The highest BCUT2D eigenvalue weighted by molar-refractivity contribution is 5.76. The monoisotopic (exact) mass is 261 g/mol. The largest absolute Gasteiger partial charge is 0.393 e. The second kappa shape index (κ2) is 11.4. The number of aliphatic hydroxyl groups is 1. The first-order valence-corrected chi connectivity index (χ1v) is 6.73. The second-order valence-corrected chi connectivity index (χ2v) is 4.16. The van der Waals surface area contributed by atoms with E-state index in [-0.39, 0.29) is 5.91 Å². The first-order chi connectivity index (χ1) is 8.61. The molecule has 1 unspecified atom stereocenters. The lowest BCUT2D eigenvalue weighted by atomic mass is 10.2. The molecule has 0 aromatic rings. The Labute approximate surface area is 110 Å². The van der Waals surface area contributed by atoms with E-state index in [1.165, 1.54) is 0 Å². The summed E-state index contributed by atoms with van der Waals surface area (Å²) in [5.74, 6) is 0.0512. The van der Waals surface area contributed by atoms with E-state index in [1.807, 2.05) is 13.8 Å². The molecule has 0 radical (unpaired) electrons. The Hall–Kier alpha value is -0.650. The normalized spacial score (nSPS) is 12.4. The van der Waals surface area contributed by atoms with Gasteiger partial charge in [-0.3, -0.25) is 4.79 Å². The topological polar surface area (TPSA) is 59.0 Å². The minimum Gasteiger partial charge on any atom is -0.393 e. The van der Waals surface area contributed by atoms with E-state index in [0.717, 1.165) is 0 Å². The Morgan fingerprint density at radius 2 is 1.67 bits per heavy atom. The lowest BCUT2D eigenvalue weighted by Gasteiger charge is -2.22. The van der Waals surface area contributed by atoms with Crippen molar-refractivity contribution in [2.24, 2.45) is 0 Å². The van der Waals surface area contributed by atoms with E-state index >= 15 is 0 Å². The summed E-state index contributed by atoms with van der Waals surface area (Å²) in [5.41, 5.74) is 0. The van der Waals surface area contributed by atoms with Crippen molar-refractivity contribution in [2.45, 2.75) is 39.7 Å². The summed E-state index contributed by atoms with van der Waals surface area (Å²) in [5, 5.41) is 9.19. The number of carbonyl (C=O) groups excluding carboxylic acids is 1. The lowest BCUT2D eigenvalue weighted by molar-refractivity contribution is -0.133. The van der Waals surface area contributed by atoms with E-state index in [0.29, 0.717) is 52.4 Å². The molecule has 0 saturated carbocycles. The summed E-state index contributed by atoms with van der Waals surface area (Å²) in [6.07, 6.45) is 0.434. The smallest absolute Gasteiger partial charge is 0.222 e. The third-order valence-electron chi connectivity index (χ3n) is 2.55. The maximum absolute atomic E-state index is 11.9. The molecule has 5 nitrogen and oxygen atoms in total. The van der Waals surface area contributed by atoms with E-state index in [9.17, 15) is 9.90 Å². The van der Waals surface area contributed by atoms with Crippen LogP contribution in [-0.2, 0) is 14.3 Å². The van der Waals surface area contributed by atoms with Gasteiger partial charge in [0.15, 0.2) is 0 Å². The van der Waals surface area contributed by atoms with Crippen molar-refractivity contribution in [3.8, 4) is 0 Å². The Bertz CT molecular complexity index is 199. The van der Waals surface area contributed by atoms with E-state index < -0.39 is 6.10 Å². The number of hydrogen-bond donors (Lipinski definition) is 1. The van der Waals surface area contributed by atoms with Gasteiger partial charge in [0.25, 0.3) is 0 Å². The maximum atomic E-state index is 11.9. The van der Waals surface area contributed by atoms with Crippen molar-refractivity contribution in [3.05, 3.63) is 0 Å². The predicted octanol–water partition coefficient (Wildman–Crippen LogP) is 1.05. The molecular weight excluding hydrogens is 234 g/mol. The fourth-order valence-corrected chi connectivity index (χ4v) is 1.49. The highest BCUT2D eigenvalue weighted by Crippen LogP contribution is 2.02. The minimum absolute atomic E-state index is 0.0512. The van der Waals surface area contributed by atoms with Crippen LogP contribution in [0.3, 0.4) is 0 Å². The van der Waals surface area contributed by atoms with Gasteiger partial charge in [0.2, 0.25) is 5.91 Å². The van der Waals surface area contributed by atoms with Gasteiger partial charge in [-0.2, -0.15) is 0 Å². The molecule has 0 aliphatic heterocycles. The molecule has 0 aromatic heterocycles. The summed E-state index contributed by atoms with van der Waals surface area (Å²) in [4.78, 5) is 13.7. The molecule has 0 spiro atoms. The molecule has 5 heteroatoms. The van der Waals surface area contributed by atoms with Crippen LogP contribution in [0.15, 0.2) is 0 Å². The van der Waals surface area contributed by atoms with Gasteiger partial charge < -0.3 is 19.5 Å². The molecule has 0 aromatic carbocycles. The molecule has 0 aliphatic rings. The van der Waals surface area contributed by atoms with Crippen molar-refractivity contribution in [1.82, 2.24) is 4.90 Å². The molecular formula is C13H27NO4. The van der Waals surface area contributed by atoms with Crippen molar-refractivity contribution < 1.29 is 19.4 Å². The molecule has 0 heterocycles. The number of ether oxygens (including phenoxy) is 2. The quantitative estimate of drug-likeness (QED) is 0.565. The van der Waals surface area contributed by atoms with Crippen LogP contribution in [-0.4, -0.2) is 61.5 Å². The fraction of sp³-hybridized carbons (Fsp3) is 0.923. The third kappa shape index (κ3) is 9.39. The molecule has 1 amide bonds. The van der Waals surface area contributed by atoms with Crippen molar-refractivity contribution in [3.63, 3.8) is 0 Å². The molecule has 108 valence electrons. The summed E-state index contributed by atoms with van der Waals surface area (Å²) >= 11 is 0. The molecule has 1 N–H and O–H groups in total. The van der Waals surface area contributed by atoms with Crippen molar-refractivity contribution in [1.29, 1.82) is 0 Å². The molecule has 0 aliphatic carbocycles. The van der Waals surface area contributed by atoms with Crippen molar-refractivity contribution >= 4 is 5.91 Å². The minimum atomic E-state index is -0.436. The Balaban J connectivity index is 4.03. The standard InChI is InChI=1S/C13H27NO4/c1-4-17-10-8-14(9-11-18-5-2)13(16)7-6-12(3)15/h12,15H,4-11H2,1-3H3. The van der Waals surface area contributed by atoms with Gasteiger partial charge in [0.05, 0.1) is 19.3 Å². The third-order valence-corrected chi connectivity index (χ3v) is 2.55. The van der Waals surface area contributed by atoms with E-state index in [1.54, 1.807) is 11.8 Å². The maximum Gasteiger partial charge on any atom is 0.222 e. The van der Waals surface area contributed by atoms with Crippen LogP contribution in [0.1, 0.15) is 33.6 Å². The second-order valence-electron chi connectivity index (χ2n) is 4.16. The number of amides is 1. The van der Waals surface area contributed by atoms with Crippen LogP contribution in [0.25, 0.3) is 0 Å². The summed E-state index contributed by atoms with van der Waals surface area (Å²) in [7, 11) is 0. The van der Waals surface area contributed by atoms with Gasteiger partial charge in [-0.25, -0.2) is 0 Å². The van der Waals surface area contributed by atoms with Crippen LogP contribution in [0.2, 0.25) is 0 Å². The van der Waals surface area contributed by atoms with E-state index in [4.69, 9.17) is 9.47 Å². The first-order valence-electron chi connectivity index (χ1n) is 6.73. The summed E-state index contributed by atoms with van der Waals surface area (Å²) < 4.78 is 10.5. The van der Waals surface area contributed by atoms with Crippen molar-refractivity contribution in [2.75, 3.05) is 39.5 Å². The Kier molecular flexibility index (Phi) is 11.0. The highest BCUT2D eigenvalue weighted by atomic mass is 16.5. The van der Waals surface area contributed by atoms with Crippen LogP contribution in [0.5, 0.6) is 0 Å². The number of aliphatic hydroxyl groups excluding tert-OH is 1. The van der Waals surface area contributed by atoms with Gasteiger partial charge in [-0.1, -0.05) is 0 Å². The Morgan fingerprint density at radius 1 is 1.17 bits per heavy atom. The number of hydrogen-bond acceptors (Lipinski definition) is 4. The zero-order valence-electron chi connectivity index (χ0n) is 11.9. The molecule has 1 atom stereocenters. The zero-order valence-corrected chi connectivity index (χ0v) is 11.9. The average Bonchev–Trinajstić information content (AvgIpc) is 2.34. The van der Waals surface area contributed by atoms with Crippen LogP contribution in [0.4, 0.5) is 0 Å². The summed E-state index contributed by atoms with van der Waals surface area (Å²) in [6.45, 7) is 9.12. The van der Waals surface area contributed by atoms with Crippen LogP contribution in [0, 0.1) is 0 Å². The van der Waals surface area contributed by atoms with E-state index in [2.05, 4.69) is 0 Å². The molecule has 0 rings (SSSR count). The Morgan fingerprint density at radius 3 is 2.06 bits per heavy atom. The SMILES string of the molecule is CCOCCN(CCOCC)C(=O)CCC(C)O. The van der Waals surface area contributed by atoms with Crippen LogP contribution >= 0.6 is 0 Å². The number of nitrogens with zero attached hydrogens (tertiary/aromatic N) is 1. The fourth-order valence-electron chi connectivity index (χ4n) is 1.49. The molecule has 0 saturated heterocycles. The molecule has 0 bridgehead atoms. The first kappa shape index (κ1) is 17.4. The number of carbonyl (C=O) groups is 1. The lowest BCUT2D eigenvalue weighted by Crippen LogP contribution is -2.37. The van der Waals surface area contributed by atoms with Gasteiger partial charge in [-0.05, 0) is 27.2 Å². The van der Waals surface area contributed by atoms with Gasteiger partial charge in [0.1, 0.15) is 0 Å². The van der Waals surface area contributed by atoms with Crippen LogP contribution < -0.4 is 0 Å². The van der Waals surface area contributed by atoms with Gasteiger partial charge in [0, 0.05) is 32.7 Å². The summed E-state index contributed by atoms with van der Waals surface area (Å²) in [6, 6.07) is 0. The number of rotatable bonds is 11. The molecule has 0 fully saturated rings. The zero-order chi connectivity index (χ0) is 13.8. The highest BCUT2D eigenvalue weighted by Gasteiger charge is 2.13. The van der Waals surface area contributed by atoms with Gasteiger partial charge >= 0.3 is 0 Å². The molecule has 18 heavy (non-hydrogen) atoms. The predicted molar refractivity (Wildman–Crippen MR) is 70.5 cm³/mol. The van der Waals surface area contributed by atoms with Gasteiger partial charge in [-0.15, -0.1) is 0 Å². The average molecular weight is 261 g/mol.